The highest BCUT2D eigenvalue weighted by atomic mass is 79.9. The molecule has 0 fully saturated rings. The number of fused-ring (bicyclic) bond motifs is 1. The number of rotatable bonds is 4. The highest BCUT2D eigenvalue weighted by Gasteiger charge is 2.37. The Bertz CT molecular complexity index is 1350. The van der Waals surface area contributed by atoms with E-state index >= 15 is 0 Å². The Labute approximate surface area is 210 Å². The Morgan fingerprint density at radius 1 is 1.06 bits per heavy atom. The molecule has 0 radical (unpaired) electrons. The van der Waals surface area contributed by atoms with E-state index in [9.17, 15) is 27.2 Å². The van der Waals surface area contributed by atoms with Gasteiger partial charge >= 0.3 is 6.18 Å². The van der Waals surface area contributed by atoms with E-state index in [2.05, 4.69) is 21.2 Å². The second kappa shape index (κ2) is 9.50. The van der Waals surface area contributed by atoms with Crippen LogP contribution in [0.5, 0.6) is 5.75 Å². The molecular weight excluding hydrogens is 556 g/mol. The largest absolute Gasteiger partial charge is 0.493 e. The van der Waals surface area contributed by atoms with Gasteiger partial charge in [-0.2, -0.15) is 13.2 Å². The van der Waals surface area contributed by atoms with E-state index < -0.39 is 40.3 Å². The number of anilines is 1. The van der Waals surface area contributed by atoms with Gasteiger partial charge < -0.3 is 15.8 Å². The Morgan fingerprint density at radius 3 is 2.49 bits per heavy atom. The Hall–Kier alpha value is -3.11. The molecule has 1 aliphatic heterocycles. The SMILES string of the molecule is NC(=O)c1cc(NC(=O)c2cc(Cl)c(C(F)(F)F)cc2C2CCOc3cc(F)ccc32)ccc1Br. The summed E-state index contributed by atoms with van der Waals surface area (Å²) in [4.78, 5) is 24.9. The van der Waals surface area contributed by atoms with Crippen molar-refractivity contribution in [2.75, 3.05) is 11.9 Å². The van der Waals surface area contributed by atoms with Gasteiger partial charge in [-0.1, -0.05) is 17.7 Å². The number of ether oxygens (including phenoxy) is 1. The van der Waals surface area contributed by atoms with Gasteiger partial charge in [0.25, 0.3) is 5.91 Å². The van der Waals surface area contributed by atoms with Gasteiger partial charge in [0.1, 0.15) is 11.6 Å². The van der Waals surface area contributed by atoms with E-state index in [1.54, 1.807) is 0 Å². The molecule has 5 nitrogen and oxygen atoms in total. The summed E-state index contributed by atoms with van der Waals surface area (Å²) in [5.41, 5.74) is 4.94. The molecule has 0 aromatic heterocycles. The molecule has 2 amide bonds. The quantitative estimate of drug-likeness (QED) is 0.350. The molecule has 0 bridgehead atoms. The van der Waals surface area contributed by atoms with Crippen LogP contribution in [0.3, 0.4) is 0 Å². The number of nitrogens with one attached hydrogen (secondary N) is 1. The average Bonchev–Trinajstić information content (AvgIpc) is 2.78. The van der Waals surface area contributed by atoms with Gasteiger partial charge in [-0.05, 0) is 64.3 Å². The van der Waals surface area contributed by atoms with Crippen LogP contribution in [0.15, 0.2) is 53.0 Å². The molecule has 4 rings (SSSR count). The molecular formula is C24H16BrClF4N2O3. The maximum atomic E-state index is 13.7. The predicted octanol–water partition coefficient (Wildman–Crippen LogP) is 6.53. The van der Waals surface area contributed by atoms with Crippen molar-refractivity contribution in [2.24, 2.45) is 5.73 Å². The fourth-order valence-corrected chi connectivity index (χ4v) is 4.68. The van der Waals surface area contributed by atoms with Gasteiger partial charge in [0.05, 0.1) is 22.8 Å². The summed E-state index contributed by atoms with van der Waals surface area (Å²) >= 11 is 9.13. The summed E-state index contributed by atoms with van der Waals surface area (Å²) in [5.74, 6) is -2.55. The van der Waals surface area contributed by atoms with Crippen LogP contribution in [0.4, 0.5) is 23.2 Å². The average molecular weight is 572 g/mol. The molecule has 1 aliphatic rings. The Kier molecular flexibility index (Phi) is 6.79. The molecule has 0 saturated carbocycles. The maximum Gasteiger partial charge on any atom is 0.417 e. The highest BCUT2D eigenvalue weighted by molar-refractivity contribution is 9.10. The second-order valence-electron chi connectivity index (χ2n) is 7.80. The lowest BCUT2D eigenvalue weighted by Gasteiger charge is -2.28. The minimum absolute atomic E-state index is 0.0580. The Morgan fingerprint density at radius 2 is 1.80 bits per heavy atom. The first-order valence-electron chi connectivity index (χ1n) is 10.2. The summed E-state index contributed by atoms with van der Waals surface area (Å²) in [6, 6.07) is 9.88. The molecule has 3 N–H and O–H groups in total. The lowest BCUT2D eigenvalue weighted by atomic mass is 9.83. The van der Waals surface area contributed by atoms with Gasteiger partial charge in [0, 0.05) is 33.3 Å². The van der Waals surface area contributed by atoms with E-state index in [0.29, 0.717) is 10.0 Å². The van der Waals surface area contributed by atoms with E-state index in [1.807, 2.05) is 0 Å². The van der Waals surface area contributed by atoms with Crippen LogP contribution >= 0.6 is 27.5 Å². The second-order valence-corrected chi connectivity index (χ2v) is 9.06. The standard InChI is InChI=1S/C24H16BrClF4N2O3/c25-19-4-2-12(8-17(19)22(31)33)32-23(34)16-10-20(26)18(24(28,29)30)9-15(16)13-5-6-35-21-7-11(27)1-3-14(13)21/h1-4,7-10,13H,5-6H2,(H2,31,33)(H,32,34). The van der Waals surface area contributed by atoms with Gasteiger partial charge in [0.15, 0.2) is 0 Å². The summed E-state index contributed by atoms with van der Waals surface area (Å²) in [6.07, 6.45) is -4.51. The Balaban J connectivity index is 1.82. The van der Waals surface area contributed by atoms with Gasteiger partial charge in [-0.3, -0.25) is 9.59 Å². The molecule has 3 aromatic carbocycles. The summed E-state index contributed by atoms with van der Waals surface area (Å²) in [7, 11) is 0. The third kappa shape index (κ3) is 5.13. The van der Waals surface area contributed by atoms with Crippen molar-refractivity contribution in [3.8, 4) is 5.75 Å². The first-order valence-corrected chi connectivity index (χ1v) is 11.4. The van der Waals surface area contributed by atoms with Crippen molar-refractivity contribution in [1.82, 2.24) is 0 Å². The highest BCUT2D eigenvalue weighted by Crippen LogP contribution is 2.44. The van der Waals surface area contributed by atoms with Crippen LogP contribution < -0.4 is 15.8 Å². The lowest BCUT2D eigenvalue weighted by molar-refractivity contribution is -0.137. The fraction of sp³-hybridized carbons (Fsp3) is 0.167. The summed E-state index contributed by atoms with van der Waals surface area (Å²) < 4.78 is 60.6. The number of hydrogen-bond donors (Lipinski definition) is 2. The van der Waals surface area contributed by atoms with Crippen LogP contribution in [0.25, 0.3) is 0 Å². The van der Waals surface area contributed by atoms with Crippen molar-refractivity contribution in [3.63, 3.8) is 0 Å². The monoisotopic (exact) mass is 570 g/mol. The number of benzene rings is 3. The zero-order valence-corrected chi connectivity index (χ0v) is 20.0. The number of hydrogen-bond acceptors (Lipinski definition) is 3. The lowest BCUT2D eigenvalue weighted by Crippen LogP contribution is -2.22. The van der Waals surface area contributed by atoms with Crippen LogP contribution in [0.2, 0.25) is 5.02 Å². The summed E-state index contributed by atoms with van der Waals surface area (Å²) in [6.45, 7) is 0.112. The van der Waals surface area contributed by atoms with Crippen molar-refractivity contribution >= 4 is 45.0 Å². The number of halogens is 6. The number of carbonyl (C=O) groups is 2. The van der Waals surface area contributed by atoms with E-state index in [4.69, 9.17) is 22.1 Å². The van der Waals surface area contributed by atoms with E-state index in [0.717, 1.165) is 18.2 Å². The van der Waals surface area contributed by atoms with Crippen molar-refractivity contribution in [3.05, 3.63) is 91.7 Å². The smallest absolute Gasteiger partial charge is 0.417 e. The summed E-state index contributed by atoms with van der Waals surface area (Å²) in [5, 5.41) is 1.93. The first kappa shape index (κ1) is 25.0. The van der Waals surface area contributed by atoms with Crippen LogP contribution in [-0.4, -0.2) is 18.4 Å². The van der Waals surface area contributed by atoms with E-state index in [-0.39, 0.29) is 41.2 Å². The number of alkyl halides is 3. The van der Waals surface area contributed by atoms with Crippen molar-refractivity contribution < 1.29 is 31.9 Å². The number of amides is 2. The number of primary amides is 1. The zero-order valence-electron chi connectivity index (χ0n) is 17.7. The minimum atomic E-state index is -4.76. The van der Waals surface area contributed by atoms with Crippen molar-refractivity contribution in [2.45, 2.75) is 18.5 Å². The minimum Gasteiger partial charge on any atom is -0.493 e. The molecule has 0 saturated heterocycles. The van der Waals surface area contributed by atoms with Crippen LogP contribution in [0.1, 0.15) is 49.7 Å². The van der Waals surface area contributed by atoms with Gasteiger partial charge in [0.2, 0.25) is 5.91 Å². The molecule has 35 heavy (non-hydrogen) atoms. The molecule has 0 spiro atoms. The molecule has 1 atom stereocenters. The molecule has 182 valence electrons. The molecule has 3 aromatic rings. The molecule has 1 unspecified atom stereocenters. The molecule has 1 heterocycles. The van der Waals surface area contributed by atoms with Crippen molar-refractivity contribution in [1.29, 1.82) is 0 Å². The predicted molar refractivity (Wildman–Crippen MR) is 125 cm³/mol. The topological polar surface area (TPSA) is 81.4 Å². The van der Waals surface area contributed by atoms with Crippen LogP contribution in [0, 0.1) is 5.82 Å². The third-order valence-corrected chi connectivity index (χ3v) is 6.57. The van der Waals surface area contributed by atoms with Crippen LogP contribution in [-0.2, 0) is 6.18 Å². The zero-order chi connectivity index (χ0) is 25.5. The van der Waals surface area contributed by atoms with Gasteiger partial charge in [-0.15, -0.1) is 0 Å². The van der Waals surface area contributed by atoms with Gasteiger partial charge in [-0.25, -0.2) is 4.39 Å². The normalized spacial score (nSPS) is 15.2. The first-order chi connectivity index (χ1) is 16.5. The number of nitrogens with two attached hydrogens (primary N) is 1. The molecule has 0 aliphatic carbocycles. The van der Waals surface area contributed by atoms with E-state index in [1.165, 1.54) is 30.3 Å². The maximum absolute atomic E-state index is 13.7. The number of carbonyl (C=O) groups excluding carboxylic acids is 2. The third-order valence-electron chi connectivity index (χ3n) is 5.57. The molecule has 11 heteroatoms. The fourth-order valence-electron chi connectivity index (χ4n) is 3.97.